The first kappa shape index (κ1) is 19.2. The molecule has 1 heterocycles. The highest BCUT2D eigenvalue weighted by molar-refractivity contribution is 7.98. The van der Waals surface area contributed by atoms with Gasteiger partial charge >= 0.3 is 0 Å². The fraction of sp³-hybridized carbons (Fsp3) is 0.286. The van der Waals surface area contributed by atoms with Crippen LogP contribution in [-0.4, -0.2) is 40.7 Å². The van der Waals surface area contributed by atoms with Crippen molar-refractivity contribution in [2.24, 2.45) is 0 Å². The molecule has 27 heavy (non-hydrogen) atoms. The molecule has 2 aromatic carbocycles. The summed E-state index contributed by atoms with van der Waals surface area (Å²) in [6.45, 7) is 3.91. The zero-order valence-electron chi connectivity index (χ0n) is 15.6. The van der Waals surface area contributed by atoms with Crippen LogP contribution in [0.15, 0.2) is 42.5 Å². The largest absolute Gasteiger partial charge is 0.324 e. The molecule has 3 rings (SSSR count). The normalized spacial score (nSPS) is 14.3. The fourth-order valence-electron chi connectivity index (χ4n) is 3.20. The van der Waals surface area contributed by atoms with Crippen LogP contribution in [0, 0.1) is 13.8 Å². The van der Waals surface area contributed by atoms with Crippen molar-refractivity contribution in [1.29, 1.82) is 0 Å². The highest BCUT2D eigenvalue weighted by atomic mass is 32.2. The lowest BCUT2D eigenvalue weighted by atomic mass is 10.1. The third kappa shape index (κ3) is 3.62. The molecular weight excluding hydrogens is 360 g/mol. The van der Waals surface area contributed by atoms with Gasteiger partial charge in [0.15, 0.2) is 0 Å². The van der Waals surface area contributed by atoms with Crippen LogP contribution in [0.1, 0.15) is 38.3 Å². The summed E-state index contributed by atoms with van der Waals surface area (Å²) in [5.74, 6) is -0.485. The number of rotatable bonds is 6. The number of carbonyl (C=O) groups is 3. The van der Waals surface area contributed by atoms with E-state index in [4.69, 9.17) is 0 Å². The highest BCUT2D eigenvalue weighted by Crippen LogP contribution is 2.27. The third-order valence-electron chi connectivity index (χ3n) is 4.90. The first-order chi connectivity index (χ1) is 13.0. The molecule has 3 amide bonds. The van der Waals surface area contributed by atoms with E-state index >= 15 is 0 Å². The van der Waals surface area contributed by atoms with Crippen molar-refractivity contribution >= 4 is 35.2 Å². The predicted molar refractivity (Wildman–Crippen MR) is 108 cm³/mol. The van der Waals surface area contributed by atoms with Gasteiger partial charge in [-0.15, -0.1) is 0 Å². The second-order valence-electron chi connectivity index (χ2n) is 6.56. The molecule has 0 saturated carbocycles. The van der Waals surface area contributed by atoms with Gasteiger partial charge in [0.1, 0.15) is 6.04 Å². The van der Waals surface area contributed by atoms with Crippen LogP contribution < -0.4 is 5.32 Å². The second-order valence-corrected chi connectivity index (χ2v) is 7.55. The Morgan fingerprint density at radius 2 is 1.67 bits per heavy atom. The second kappa shape index (κ2) is 7.96. The number of aryl methyl sites for hydroxylation is 1. The van der Waals surface area contributed by atoms with Gasteiger partial charge in [-0.1, -0.05) is 24.3 Å². The van der Waals surface area contributed by atoms with Crippen LogP contribution in [0.5, 0.6) is 0 Å². The van der Waals surface area contributed by atoms with Crippen LogP contribution in [-0.2, 0) is 4.79 Å². The van der Waals surface area contributed by atoms with E-state index in [1.54, 1.807) is 36.0 Å². The zero-order valence-corrected chi connectivity index (χ0v) is 16.4. The predicted octanol–water partition coefficient (Wildman–Crippen LogP) is 3.66. The maximum atomic E-state index is 13.0. The Bertz CT molecular complexity index is 875. The van der Waals surface area contributed by atoms with E-state index < -0.39 is 17.9 Å². The van der Waals surface area contributed by atoms with Crippen LogP contribution >= 0.6 is 11.8 Å². The zero-order chi connectivity index (χ0) is 19.6. The minimum Gasteiger partial charge on any atom is -0.324 e. The minimum atomic E-state index is -0.843. The number of benzene rings is 2. The summed E-state index contributed by atoms with van der Waals surface area (Å²) in [5.41, 5.74) is 3.45. The van der Waals surface area contributed by atoms with Crippen molar-refractivity contribution in [3.8, 4) is 0 Å². The van der Waals surface area contributed by atoms with E-state index in [-0.39, 0.29) is 5.91 Å². The molecular formula is C21H22N2O3S. The Morgan fingerprint density at radius 3 is 2.26 bits per heavy atom. The summed E-state index contributed by atoms with van der Waals surface area (Å²) in [6.07, 6.45) is 2.34. The summed E-state index contributed by atoms with van der Waals surface area (Å²) in [5, 5.41) is 2.91. The molecule has 1 atom stereocenters. The maximum Gasteiger partial charge on any atom is 0.262 e. The molecule has 0 radical (unpaired) electrons. The van der Waals surface area contributed by atoms with E-state index in [0.29, 0.717) is 29.0 Å². The van der Waals surface area contributed by atoms with Gasteiger partial charge in [-0.3, -0.25) is 19.3 Å². The quantitative estimate of drug-likeness (QED) is 0.775. The number of anilines is 1. The lowest BCUT2D eigenvalue weighted by molar-refractivity contribution is -0.120. The number of amides is 3. The Hall–Kier alpha value is -2.60. The van der Waals surface area contributed by atoms with Gasteiger partial charge in [0.05, 0.1) is 11.1 Å². The molecule has 0 bridgehead atoms. The molecule has 0 spiro atoms. The van der Waals surface area contributed by atoms with Crippen LogP contribution in [0.2, 0.25) is 0 Å². The molecule has 5 nitrogen and oxygen atoms in total. The maximum absolute atomic E-state index is 13.0. The number of nitrogens with one attached hydrogen (secondary N) is 1. The number of hydrogen-bond donors (Lipinski definition) is 1. The van der Waals surface area contributed by atoms with Crippen molar-refractivity contribution in [3.05, 3.63) is 64.7 Å². The van der Waals surface area contributed by atoms with Crippen LogP contribution in [0.3, 0.4) is 0 Å². The Kier molecular flexibility index (Phi) is 5.65. The smallest absolute Gasteiger partial charge is 0.262 e. The van der Waals surface area contributed by atoms with Gasteiger partial charge in [0, 0.05) is 5.69 Å². The van der Waals surface area contributed by atoms with Crippen molar-refractivity contribution in [2.75, 3.05) is 17.3 Å². The Labute approximate surface area is 163 Å². The topological polar surface area (TPSA) is 66.5 Å². The Balaban J connectivity index is 1.90. The lowest BCUT2D eigenvalue weighted by Gasteiger charge is -2.25. The van der Waals surface area contributed by atoms with E-state index in [1.807, 2.05) is 38.3 Å². The van der Waals surface area contributed by atoms with Crippen molar-refractivity contribution in [3.63, 3.8) is 0 Å². The molecule has 6 heteroatoms. The van der Waals surface area contributed by atoms with E-state index in [2.05, 4.69) is 5.32 Å². The Morgan fingerprint density at radius 1 is 1.04 bits per heavy atom. The molecule has 1 N–H and O–H groups in total. The summed E-state index contributed by atoms with van der Waals surface area (Å²) in [4.78, 5) is 39.8. The van der Waals surface area contributed by atoms with Crippen molar-refractivity contribution < 1.29 is 14.4 Å². The molecule has 0 saturated heterocycles. The van der Waals surface area contributed by atoms with Crippen molar-refractivity contribution in [1.82, 2.24) is 4.90 Å². The van der Waals surface area contributed by atoms with E-state index in [1.165, 1.54) is 0 Å². The monoisotopic (exact) mass is 382 g/mol. The van der Waals surface area contributed by atoms with Gasteiger partial charge in [0.2, 0.25) is 5.91 Å². The lowest BCUT2D eigenvalue weighted by Crippen LogP contribution is -2.47. The molecule has 0 unspecified atom stereocenters. The van der Waals surface area contributed by atoms with Crippen LogP contribution in [0.25, 0.3) is 0 Å². The standard InChI is InChI=1S/C21H22N2O3S/c1-13-7-6-10-17(14(13)2)22-19(24)18(11-12-27-3)23-20(25)15-8-4-5-9-16(15)21(23)26/h4-10,18H,11-12H2,1-3H3,(H,22,24)/t18-/m0/s1. The van der Waals surface area contributed by atoms with Gasteiger partial charge in [-0.2, -0.15) is 11.8 Å². The average Bonchev–Trinajstić information content (AvgIpc) is 2.91. The third-order valence-corrected chi connectivity index (χ3v) is 5.54. The van der Waals surface area contributed by atoms with E-state index in [0.717, 1.165) is 16.0 Å². The first-order valence-electron chi connectivity index (χ1n) is 8.78. The molecule has 0 aromatic heterocycles. The average molecular weight is 382 g/mol. The molecule has 2 aromatic rings. The number of carbonyl (C=O) groups excluding carboxylic acids is 3. The summed E-state index contributed by atoms with van der Waals surface area (Å²) in [7, 11) is 0. The highest BCUT2D eigenvalue weighted by Gasteiger charge is 2.42. The molecule has 1 aliphatic rings. The molecule has 0 aliphatic carbocycles. The summed E-state index contributed by atoms with van der Waals surface area (Å²) >= 11 is 1.58. The van der Waals surface area contributed by atoms with Crippen LogP contribution in [0.4, 0.5) is 5.69 Å². The SMILES string of the molecule is CSCC[C@@H](C(=O)Nc1cccc(C)c1C)N1C(=O)c2ccccc2C1=O. The number of fused-ring (bicyclic) bond motifs is 1. The summed E-state index contributed by atoms with van der Waals surface area (Å²) < 4.78 is 0. The number of imide groups is 1. The summed E-state index contributed by atoms with van der Waals surface area (Å²) in [6, 6.07) is 11.5. The molecule has 1 aliphatic heterocycles. The van der Waals surface area contributed by atoms with Gasteiger partial charge in [-0.05, 0) is 61.6 Å². The van der Waals surface area contributed by atoms with Gasteiger partial charge in [0.25, 0.3) is 11.8 Å². The number of thioether (sulfide) groups is 1. The fourth-order valence-corrected chi connectivity index (χ4v) is 3.66. The van der Waals surface area contributed by atoms with Gasteiger partial charge in [-0.25, -0.2) is 0 Å². The minimum absolute atomic E-state index is 0.341. The van der Waals surface area contributed by atoms with E-state index in [9.17, 15) is 14.4 Å². The first-order valence-corrected chi connectivity index (χ1v) is 10.2. The number of nitrogens with zero attached hydrogens (tertiary/aromatic N) is 1. The number of hydrogen-bond acceptors (Lipinski definition) is 4. The molecule has 140 valence electrons. The van der Waals surface area contributed by atoms with Gasteiger partial charge < -0.3 is 5.32 Å². The molecule has 0 fully saturated rings. The van der Waals surface area contributed by atoms with Crippen molar-refractivity contribution in [2.45, 2.75) is 26.3 Å².